The molecule has 0 atom stereocenters. The topological polar surface area (TPSA) is 101 Å². The Morgan fingerprint density at radius 3 is 2.53 bits per heavy atom. The number of carbonyl (C=O) groups is 1. The second kappa shape index (κ2) is 8.08. The van der Waals surface area contributed by atoms with Gasteiger partial charge >= 0.3 is 6.18 Å². The molecule has 32 heavy (non-hydrogen) atoms. The minimum Gasteiger partial charge on any atom is -0.493 e. The van der Waals surface area contributed by atoms with Crippen LogP contribution in [0, 0.1) is 0 Å². The number of rotatable bonds is 5. The molecule has 4 N–H and O–H groups in total. The van der Waals surface area contributed by atoms with E-state index in [1.165, 1.54) is 26.5 Å². The summed E-state index contributed by atoms with van der Waals surface area (Å²) in [6, 6.07) is 8.77. The quantitative estimate of drug-likeness (QED) is 0.440. The van der Waals surface area contributed by atoms with Gasteiger partial charge in [-0.3, -0.25) is 4.79 Å². The normalized spacial score (nSPS) is 11.5. The highest BCUT2D eigenvalue weighted by atomic mass is 32.1. The standard InChI is InChI=1S/C21H16F3N3O4S/c1-29-13-6-5-10(8-14(13)30-2)26-19(28)18-17(25)16-11(12-4-3-7-31-12)9-15(21(22,23)24)27-20(16)32-18/h3-9H,25H2,1-2H3,(H,26,28)/p+1. The number of carbonyl (C=O) groups excluding carboxylic acids is 1. The van der Waals surface area contributed by atoms with Crippen molar-refractivity contribution in [2.24, 2.45) is 0 Å². The lowest BCUT2D eigenvalue weighted by molar-refractivity contribution is -0.396. The van der Waals surface area contributed by atoms with E-state index in [9.17, 15) is 18.0 Å². The van der Waals surface area contributed by atoms with Crippen LogP contribution < -0.4 is 25.5 Å². The average Bonchev–Trinajstić information content (AvgIpc) is 3.41. The number of H-pyrrole nitrogens is 1. The van der Waals surface area contributed by atoms with Crippen LogP contribution in [0.5, 0.6) is 11.5 Å². The fourth-order valence-corrected chi connectivity index (χ4v) is 4.27. The number of benzene rings is 1. The van der Waals surface area contributed by atoms with Crippen molar-refractivity contribution in [1.82, 2.24) is 0 Å². The van der Waals surface area contributed by atoms with Gasteiger partial charge in [0.1, 0.15) is 10.6 Å². The Balaban J connectivity index is 1.79. The maximum absolute atomic E-state index is 13.4. The average molecular weight is 464 g/mol. The molecule has 0 aliphatic heterocycles. The summed E-state index contributed by atoms with van der Waals surface area (Å²) in [6.45, 7) is 0. The highest BCUT2D eigenvalue weighted by molar-refractivity contribution is 7.21. The third-order valence-corrected chi connectivity index (χ3v) is 5.81. The summed E-state index contributed by atoms with van der Waals surface area (Å²) in [5, 5.41) is 2.96. The Morgan fingerprint density at radius 1 is 1.16 bits per heavy atom. The molecule has 0 bridgehead atoms. The van der Waals surface area contributed by atoms with Crippen LogP contribution in [-0.2, 0) is 6.18 Å². The Labute approximate surface area is 183 Å². The van der Waals surface area contributed by atoms with E-state index < -0.39 is 17.8 Å². The van der Waals surface area contributed by atoms with Gasteiger partial charge in [0.25, 0.3) is 16.4 Å². The molecule has 7 nitrogen and oxygen atoms in total. The molecule has 166 valence electrons. The third kappa shape index (κ3) is 3.82. The first kappa shape index (κ1) is 21.5. The second-order valence-corrected chi connectivity index (χ2v) is 7.67. The first-order valence-electron chi connectivity index (χ1n) is 9.15. The molecule has 3 aromatic heterocycles. The molecule has 0 aliphatic carbocycles. The molecule has 0 saturated heterocycles. The molecule has 0 fully saturated rings. The van der Waals surface area contributed by atoms with Gasteiger partial charge in [0.05, 0.1) is 31.6 Å². The van der Waals surface area contributed by atoms with Crippen molar-refractivity contribution in [3.63, 3.8) is 0 Å². The number of pyridine rings is 1. The summed E-state index contributed by atoms with van der Waals surface area (Å²) in [6.07, 6.45) is -3.28. The molecule has 1 amide bonds. The van der Waals surface area contributed by atoms with Crippen molar-refractivity contribution in [2.75, 3.05) is 25.3 Å². The zero-order chi connectivity index (χ0) is 23.0. The summed E-state index contributed by atoms with van der Waals surface area (Å²) >= 11 is 0.820. The smallest absolute Gasteiger partial charge is 0.477 e. The van der Waals surface area contributed by atoms with Crippen LogP contribution in [0.3, 0.4) is 0 Å². The van der Waals surface area contributed by atoms with E-state index in [-0.39, 0.29) is 32.1 Å². The SMILES string of the molecule is COc1ccc(NC(=O)c2sc3[nH+]c(C(F)(F)F)cc(-c4ccco4)c3c2N)cc1OC. The number of nitrogen functional groups attached to an aromatic ring is 1. The first-order valence-corrected chi connectivity index (χ1v) is 9.97. The van der Waals surface area contributed by atoms with E-state index in [4.69, 9.17) is 19.6 Å². The van der Waals surface area contributed by atoms with Crippen LogP contribution in [0.1, 0.15) is 15.4 Å². The Kier molecular flexibility index (Phi) is 5.43. The molecule has 4 rings (SSSR count). The second-order valence-electron chi connectivity index (χ2n) is 6.64. The van der Waals surface area contributed by atoms with Crippen LogP contribution >= 0.6 is 11.3 Å². The van der Waals surface area contributed by atoms with E-state index in [1.807, 2.05) is 0 Å². The lowest BCUT2D eigenvalue weighted by atomic mass is 10.1. The van der Waals surface area contributed by atoms with Gasteiger partial charge in [-0.25, -0.2) is 0 Å². The number of nitrogens with two attached hydrogens (primary N) is 1. The molecule has 0 unspecified atom stereocenters. The lowest BCUT2D eigenvalue weighted by Crippen LogP contribution is -2.21. The van der Waals surface area contributed by atoms with Crippen molar-refractivity contribution < 1.29 is 36.8 Å². The number of amides is 1. The van der Waals surface area contributed by atoms with Crippen molar-refractivity contribution in [3.8, 4) is 22.8 Å². The largest absolute Gasteiger partial charge is 0.493 e. The minimum atomic E-state index is -4.63. The van der Waals surface area contributed by atoms with E-state index in [0.29, 0.717) is 17.2 Å². The van der Waals surface area contributed by atoms with Gasteiger partial charge in [0.15, 0.2) is 11.5 Å². The molecular formula is C21H17F3N3O4S+. The van der Waals surface area contributed by atoms with Crippen molar-refractivity contribution in [3.05, 3.63) is 53.2 Å². The molecule has 0 radical (unpaired) electrons. The Hall–Kier alpha value is -3.73. The number of aromatic nitrogens is 1. The first-order chi connectivity index (χ1) is 15.2. The van der Waals surface area contributed by atoms with Gasteiger partial charge in [0.2, 0.25) is 0 Å². The number of alkyl halides is 3. The fourth-order valence-electron chi connectivity index (χ4n) is 3.22. The van der Waals surface area contributed by atoms with Gasteiger partial charge in [0, 0.05) is 23.4 Å². The molecule has 0 aliphatic rings. The van der Waals surface area contributed by atoms with Gasteiger partial charge < -0.3 is 24.9 Å². The van der Waals surface area contributed by atoms with Crippen LogP contribution in [0.25, 0.3) is 21.5 Å². The van der Waals surface area contributed by atoms with Gasteiger partial charge in [-0.2, -0.15) is 18.2 Å². The van der Waals surface area contributed by atoms with Gasteiger partial charge in [-0.05, 0) is 24.3 Å². The Bertz CT molecular complexity index is 1300. The maximum Gasteiger partial charge on any atom is 0.477 e. The molecule has 4 aromatic rings. The molecule has 1 aromatic carbocycles. The maximum atomic E-state index is 13.4. The zero-order valence-corrected chi connectivity index (χ0v) is 17.6. The number of ether oxygens (including phenoxy) is 2. The predicted molar refractivity (Wildman–Crippen MR) is 113 cm³/mol. The third-order valence-electron chi connectivity index (χ3n) is 4.69. The number of aromatic amines is 1. The predicted octanol–water partition coefficient (Wildman–Crippen LogP) is 4.85. The summed E-state index contributed by atoms with van der Waals surface area (Å²) in [7, 11) is 2.94. The zero-order valence-electron chi connectivity index (χ0n) is 16.8. The number of hydrogen-bond acceptors (Lipinski definition) is 6. The molecule has 11 heteroatoms. The van der Waals surface area contributed by atoms with E-state index in [2.05, 4.69) is 10.3 Å². The van der Waals surface area contributed by atoms with Crippen LogP contribution in [0.2, 0.25) is 0 Å². The van der Waals surface area contributed by atoms with Crippen LogP contribution in [0.4, 0.5) is 24.5 Å². The number of nitrogens with one attached hydrogen (secondary N) is 2. The number of fused-ring (bicyclic) bond motifs is 1. The Morgan fingerprint density at radius 2 is 1.91 bits per heavy atom. The van der Waals surface area contributed by atoms with Crippen LogP contribution in [0.15, 0.2) is 47.1 Å². The molecule has 0 saturated carbocycles. The van der Waals surface area contributed by atoms with Crippen molar-refractivity contribution >= 4 is 38.8 Å². The monoisotopic (exact) mass is 464 g/mol. The number of halogens is 3. The number of thiophene rings is 1. The summed E-state index contributed by atoms with van der Waals surface area (Å²) in [4.78, 5) is 15.4. The van der Waals surface area contributed by atoms with E-state index in [0.717, 1.165) is 17.4 Å². The highest BCUT2D eigenvalue weighted by Crippen LogP contribution is 2.41. The minimum absolute atomic E-state index is 0.0411. The highest BCUT2D eigenvalue weighted by Gasteiger charge is 2.40. The summed E-state index contributed by atoms with van der Waals surface area (Å²) in [5.41, 5.74) is 5.82. The molecule has 3 heterocycles. The van der Waals surface area contributed by atoms with E-state index >= 15 is 0 Å². The van der Waals surface area contributed by atoms with Crippen LogP contribution in [-0.4, -0.2) is 20.1 Å². The summed E-state index contributed by atoms with van der Waals surface area (Å²) in [5.74, 6) is 0.497. The van der Waals surface area contributed by atoms with Gasteiger partial charge in [-0.1, -0.05) is 11.3 Å². The molecular weight excluding hydrogens is 447 g/mol. The number of methoxy groups -OCH3 is 2. The number of anilines is 2. The number of furan rings is 1. The van der Waals surface area contributed by atoms with Crippen molar-refractivity contribution in [2.45, 2.75) is 6.18 Å². The van der Waals surface area contributed by atoms with Crippen molar-refractivity contribution in [1.29, 1.82) is 0 Å². The van der Waals surface area contributed by atoms with Gasteiger partial charge in [-0.15, -0.1) is 0 Å². The molecule has 0 spiro atoms. The number of hydrogen-bond donors (Lipinski definition) is 2. The van der Waals surface area contributed by atoms with E-state index in [1.54, 1.807) is 24.3 Å². The summed E-state index contributed by atoms with van der Waals surface area (Å²) < 4.78 is 56.0. The lowest BCUT2D eigenvalue weighted by Gasteiger charge is -2.10. The fraction of sp³-hybridized carbons (Fsp3) is 0.143.